The average molecular weight is 202 g/mol. The highest BCUT2D eigenvalue weighted by Gasteiger charge is 2.29. The molecule has 14 heavy (non-hydrogen) atoms. The lowest BCUT2D eigenvalue weighted by Crippen LogP contribution is -2.53. The van der Waals surface area contributed by atoms with Gasteiger partial charge < -0.3 is 16.2 Å². The van der Waals surface area contributed by atoms with Gasteiger partial charge in [-0.25, -0.2) is 0 Å². The largest absolute Gasteiger partial charge is 0.481 e. The van der Waals surface area contributed by atoms with Gasteiger partial charge in [-0.1, -0.05) is 13.8 Å². The molecule has 0 aliphatic rings. The molecule has 0 aromatic carbocycles. The Balaban J connectivity index is 4.00. The summed E-state index contributed by atoms with van der Waals surface area (Å²) in [6, 6.07) is 0. The summed E-state index contributed by atoms with van der Waals surface area (Å²) in [4.78, 5) is 21.7. The van der Waals surface area contributed by atoms with E-state index < -0.39 is 11.5 Å². The van der Waals surface area contributed by atoms with E-state index in [1.54, 1.807) is 0 Å². The van der Waals surface area contributed by atoms with Crippen molar-refractivity contribution in [1.29, 1.82) is 0 Å². The van der Waals surface area contributed by atoms with E-state index in [0.717, 1.165) is 0 Å². The Morgan fingerprint density at radius 1 is 1.36 bits per heavy atom. The number of aliphatic carboxylic acids is 1. The Bertz CT molecular complexity index is 212. The van der Waals surface area contributed by atoms with Gasteiger partial charge in [0.05, 0.1) is 12.0 Å². The molecule has 0 saturated carbocycles. The zero-order chi connectivity index (χ0) is 11.2. The van der Waals surface area contributed by atoms with Crippen LogP contribution in [0.15, 0.2) is 0 Å². The van der Waals surface area contributed by atoms with Crippen molar-refractivity contribution in [3.63, 3.8) is 0 Å². The van der Waals surface area contributed by atoms with Gasteiger partial charge >= 0.3 is 5.97 Å². The topological polar surface area (TPSA) is 92.4 Å². The number of rotatable bonds is 6. The van der Waals surface area contributed by atoms with Crippen LogP contribution in [0.3, 0.4) is 0 Å². The lowest BCUT2D eigenvalue weighted by molar-refractivity contribution is -0.137. The third kappa shape index (κ3) is 3.74. The molecule has 0 fully saturated rings. The number of amides is 1. The molecular weight excluding hydrogens is 184 g/mol. The Kier molecular flexibility index (Phi) is 5.15. The van der Waals surface area contributed by atoms with Gasteiger partial charge in [-0.15, -0.1) is 0 Å². The minimum absolute atomic E-state index is 0.0742. The summed E-state index contributed by atoms with van der Waals surface area (Å²) < 4.78 is 0. The maximum absolute atomic E-state index is 11.5. The zero-order valence-corrected chi connectivity index (χ0v) is 8.67. The molecule has 82 valence electrons. The smallest absolute Gasteiger partial charge is 0.305 e. The Hall–Kier alpha value is -1.10. The predicted octanol–water partition coefficient (Wildman–Crippen LogP) is 0.0948. The van der Waals surface area contributed by atoms with Crippen LogP contribution in [-0.4, -0.2) is 29.1 Å². The monoisotopic (exact) mass is 202 g/mol. The molecule has 4 N–H and O–H groups in total. The lowest BCUT2D eigenvalue weighted by atomic mass is 9.93. The number of carboxylic acid groups (broad SMARTS) is 1. The minimum Gasteiger partial charge on any atom is -0.481 e. The highest BCUT2D eigenvalue weighted by atomic mass is 16.4. The first-order chi connectivity index (χ1) is 6.46. The molecule has 5 heteroatoms. The van der Waals surface area contributed by atoms with Crippen molar-refractivity contribution in [3.05, 3.63) is 0 Å². The first-order valence-corrected chi connectivity index (χ1v) is 4.75. The molecule has 0 unspecified atom stereocenters. The maximum atomic E-state index is 11.5. The van der Waals surface area contributed by atoms with Crippen LogP contribution in [0.4, 0.5) is 0 Å². The fourth-order valence-corrected chi connectivity index (χ4v) is 1.03. The highest BCUT2D eigenvalue weighted by Crippen LogP contribution is 2.10. The summed E-state index contributed by atoms with van der Waals surface area (Å²) in [6.07, 6.45) is 1.01. The minimum atomic E-state index is -0.930. The van der Waals surface area contributed by atoms with Crippen LogP contribution < -0.4 is 11.1 Å². The van der Waals surface area contributed by atoms with Crippen LogP contribution in [0.25, 0.3) is 0 Å². The van der Waals surface area contributed by atoms with E-state index in [2.05, 4.69) is 5.32 Å². The highest BCUT2D eigenvalue weighted by molar-refractivity contribution is 5.86. The van der Waals surface area contributed by atoms with E-state index in [9.17, 15) is 9.59 Å². The van der Waals surface area contributed by atoms with Crippen LogP contribution in [0, 0.1) is 0 Å². The van der Waals surface area contributed by atoms with Crippen molar-refractivity contribution in [2.45, 2.75) is 38.6 Å². The van der Waals surface area contributed by atoms with Gasteiger partial charge in [0.2, 0.25) is 5.91 Å². The fourth-order valence-electron chi connectivity index (χ4n) is 1.03. The number of nitrogens with one attached hydrogen (secondary N) is 1. The lowest BCUT2D eigenvalue weighted by Gasteiger charge is -2.24. The molecule has 5 nitrogen and oxygen atoms in total. The molecule has 0 radical (unpaired) electrons. The Labute approximate surface area is 83.7 Å². The second kappa shape index (κ2) is 5.59. The van der Waals surface area contributed by atoms with Gasteiger partial charge in [0.15, 0.2) is 0 Å². The van der Waals surface area contributed by atoms with Gasteiger partial charge in [0, 0.05) is 6.54 Å². The maximum Gasteiger partial charge on any atom is 0.305 e. The first kappa shape index (κ1) is 12.9. The van der Waals surface area contributed by atoms with Gasteiger partial charge in [-0.2, -0.15) is 0 Å². The molecule has 0 atom stereocenters. The molecule has 0 rings (SSSR count). The van der Waals surface area contributed by atoms with Crippen molar-refractivity contribution in [1.82, 2.24) is 5.32 Å². The first-order valence-electron chi connectivity index (χ1n) is 4.75. The van der Waals surface area contributed by atoms with E-state index in [4.69, 9.17) is 10.8 Å². The molecule has 1 amide bonds. The molecule has 0 saturated heterocycles. The SMILES string of the molecule is CCC(N)(CC)C(=O)NCCC(=O)O. The molecule has 0 bridgehead atoms. The second-order valence-electron chi connectivity index (χ2n) is 3.26. The Morgan fingerprint density at radius 2 is 1.86 bits per heavy atom. The van der Waals surface area contributed by atoms with Crippen molar-refractivity contribution < 1.29 is 14.7 Å². The number of carbonyl (C=O) groups excluding carboxylic acids is 1. The van der Waals surface area contributed by atoms with Gasteiger partial charge in [0.1, 0.15) is 0 Å². The quantitative estimate of drug-likeness (QED) is 0.569. The summed E-state index contributed by atoms with van der Waals surface area (Å²) in [7, 11) is 0. The van der Waals surface area contributed by atoms with Crippen molar-refractivity contribution >= 4 is 11.9 Å². The number of carbonyl (C=O) groups is 2. The van der Waals surface area contributed by atoms with E-state index in [0.29, 0.717) is 12.8 Å². The van der Waals surface area contributed by atoms with Crippen LogP contribution in [-0.2, 0) is 9.59 Å². The second-order valence-corrected chi connectivity index (χ2v) is 3.26. The number of hydrogen-bond donors (Lipinski definition) is 3. The summed E-state index contributed by atoms with van der Waals surface area (Å²) >= 11 is 0. The van der Waals surface area contributed by atoms with Gasteiger partial charge in [0.25, 0.3) is 0 Å². The van der Waals surface area contributed by atoms with Crippen molar-refractivity contribution in [2.75, 3.05) is 6.54 Å². The summed E-state index contributed by atoms with van der Waals surface area (Å²) in [5.41, 5.74) is 4.93. The van der Waals surface area contributed by atoms with Crippen LogP contribution in [0.1, 0.15) is 33.1 Å². The molecule has 0 spiro atoms. The van der Waals surface area contributed by atoms with E-state index in [1.807, 2.05) is 13.8 Å². The average Bonchev–Trinajstić information content (AvgIpc) is 2.15. The van der Waals surface area contributed by atoms with Crippen LogP contribution in [0.2, 0.25) is 0 Å². The number of hydrogen-bond acceptors (Lipinski definition) is 3. The molecule has 0 aliphatic heterocycles. The summed E-state index contributed by atoms with van der Waals surface area (Å²) in [6.45, 7) is 3.80. The van der Waals surface area contributed by atoms with Gasteiger partial charge in [-0.3, -0.25) is 9.59 Å². The van der Waals surface area contributed by atoms with E-state index in [-0.39, 0.29) is 18.9 Å². The summed E-state index contributed by atoms with van der Waals surface area (Å²) in [5, 5.41) is 10.9. The molecule has 0 heterocycles. The number of nitrogens with two attached hydrogens (primary N) is 1. The van der Waals surface area contributed by atoms with Crippen LogP contribution >= 0.6 is 0 Å². The molecule has 0 aromatic rings. The predicted molar refractivity (Wildman–Crippen MR) is 52.8 cm³/mol. The third-order valence-corrected chi connectivity index (χ3v) is 2.34. The Morgan fingerprint density at radius 3 is 2.21 bits per heavy atom. The molecule has 0 aliphatic carbocycles. The van der Waals surface area contributed by atoms with E-state index in [1.165, 1.54) is 0 Å². The zero-order valence-electron chi connectivity index (χ0n) is 8.67. The third-order valence-electron chi connectivity index (χ3n) is 2.34. The van der Waals surface area contributed by atoms with Crippen molar-refractivity contribution in [3.8, 4) is 0 Å². The standard InChI is InChI=1S/C9H18N2O3/c1-3-9(10,4-2)8(14)11-6-5-7(12)13/h3-6,10H2,1-2H3,(H,11,14)(H,12,13). The summed E-state index contributed by atoms with van der Waals surface area (Å²) in [5.74, 6) is -1.20. The molecule has 0 aromatic heterocycles. The van der Waals surface area contributed by atoms with Crippen molar-refractivity contribution in [2.24, 2.45) is 5.73 Å². The normalized spacial score (nSPS) is 11.1. The van der Waals surface area contributed by atoms with Crippen LogP contribution in [0.5, 0.6) is 0 Å². The molecular formula is C9H18N2O3. The van der Waals surface area contributed by atoms with Gasteiger partial charge in [-0.05, 0) is 12.8 Å². The number of carboxylic acids is 1. The fraction of sp³-hybridized carbons (Fsp3) is 0.778. The van der Waals surface area contributed by atoms with E-state index >= 15 is 0 Å².